The van der Waals surface area contributed by atoms with Gasteiger partial charge >= 0.3 is 0 Å². The molecule has 0 aromatic heterocycles. The van der Waals surface area contributed by atoms with Crippen molar-refractivity contribution < 1.29 is 9.80 Å². The van der Waals surface area contributed by atoms with Crippen molar-refractivity contribution in [3.05, 3.63) is 23.8 Å². The Morgan fingerprint density at radius 2 is 1.02 bits per heavy atom. The molecule has 40 heavy (non-hydrogen) atoms. The average Bonchev–Trinajstić information content (AvgIpc) is 2.91. The molecule has 1 rings (SSSR count). The van der Waals surface area contributed by atoms with Gasteiger partial charge in [0.1, 0.15) is 17.0 Å². The summed E-state index contributed by atoms with van der Waals surface area (Å²) in [5, 5.41) is -0.160. The van der Waals surface area contributed by atoms with Gasteiger partial charge in [0, 0.05) is 18.4 Å². The monoisotopic (exact) mass is 600 g/mol. The lowest BCUT2D eigenvalue weighted by Gasteiger charge is -2.39. The van der Waals surface area contributed by atoms with Gasteiger partial charge in [-0.3, -0.25) is 0 Å². The van der Waals surface area contributed by atoms with Crippen molar-refractivity contribution in [3.63, 3.8) is 0 Å². The minimum Gasteiger partial charge on any atom is -0.336 e. The molecule has 0 aromatic carbocycles. The van der Waals surface area contributed by atoms with Crippen molar-refractivity contribution in [2.24, 2.45) is 0 Å². The highest BCUT2D eigenvalue weighted by molar-refractivity contribution is 6.35. The van der Waals surface area contributed by atoms with E-state index < -0.39 is 4.87 Å². The van der Waals surface area contributed by atoms with Crippen LogP contribution >= 0.6 is 23.2 Å². The molecule has 0 heterocycles. The number of hydrogen-bond donors (Lipinski definition) is 2. The lowest BCUT2D eigenvalue weighted by Crippen LogP contribution is -3.12. The molecule has 0 aromatic rings. The highest BCUT2D eigenvalue weighted by Crippen LogP contribution is 2.37. The first kappa shape index (κ1) is 38.0. The molecule has 4 unspecified atom stereocenters. The van der Waals surface area contributed by atoms with Crippen molar-refractivity contribution in [2.45, 2.75) is 177 Å². The summed E-state index contributed by atoms with van der Waals surface area (Å²) in [5.74, 6) is 0. The lowest BCUT2D eigenvalue weighted by atomic mass is 9.83. The van der Waals surface area contributed by atoms with Crippen LogP contribution in [-0.4, -0.2) is 50.5 Å². The topological polar surface area (TPSA) is 8.88 Å². The van der Waals surface area contributed by atoms with Crippen LogP contribution in [0.2, 0.25) is 0 Å². The third kappa shape index (κ3) is 15.5. The number of allylic oxidation sites excluding steroid dienone is 1. The van der Waals surface area contributed by atoms with Crippen molar-refractivity contribution in [1.29, 1.82) is 0 Å². The third-order valence-electron chi connectivity index (χ3n) is 9.32. The molecule has 0 fully saturated rings. The molecule has 0 spiro atoms. The Labute approximate surface area is 261 Å². The number of halogens is 2. The van der Waals surface area contributed by atoms with Crippen molar-refractivity contribution in [2.75, 3.05) is 28.2 Å². The van der Waals surface area contributed by atoms with Crippen LogP contribution in [0.3, 0.4) is 0 Å². The van der Waals surface area contributed by atoms with E-state index in [0.717, 1.165) is 6.42 Å². The Balaban J connectivity index is 2.47. The summed E-state index contributed by atoms with van der Waals surface area (Å²) in [4.78, 5) is 2.41. The van der Waals surface area contributed by atoms with Crippen LogP contribution in [0.4, 0.5) is 0 Å². The van der Waals surface area contributed by atoms with Crippen LogP contribution in [-0.2, 0) is 0 Å². The molecule has 0 saturated heterocycles. The molecule has 0 radical (unpaired) electrons. The van der Waals surface area contributed by atoms with Gasteiger partial charge in [0.05, 0.1) is 33.6 Å². The minimum absolute atomic E-state index is 0.160. The van der Waals surface area contributed by atoms with Gasteiger partial charge in [0.25, 0.3) is 0 Å². The number of likely N-dealkylation sites (N-methyl/N-ethyl adjacent to an activating group) is 1. The maximum absolute atomic E-state index is 7.38. The van der Waals surface area contributed by atoms with Gasteiger partial charge in [-0.05, 0) is 12.8 Å². The van der Waals surface area contributed by atoms with Crippen LogP contribution in [0, 0.1) is 0 Å². The van der Waals surface area contributed by atoms with E-state index in [0.29, 0.717) is 12.1 Å². The SMILES string of the molecule is CCCCCCCCCCCCC(C1=CC(Cl)C(Cl)(C(CCCCCCCCCCCC)[NH+](C)C)C=C1)[NH+](C)C. The number of nitrogens with one attached hydrogen (secondary N) is 2. The fourth-order valence-electron chi connectivity index (χ4n) is 6.62. The van der Waals surface area contributed by atoms with E-state index in [-0.39, 0.29) is 5.38 Å². The fourth-order valence-corrected chi connectivity index (χ4v) is 7.45. The molecule has 0 saturated carbocycles. The number of rotatable bonds is 26. The summed E-state index contributed by atoms with van der Waals surface area (Å²) < 4.78 is 0. The average molecular weight is 602 g/mol. The Bertz CT molecular complexity index is 659. The maximum atomic E-state index is 7.38. The highest BCUT2D eigenvalue weighted by Gasteiger charge is 2.46. The maximum Gasteiger partial charge on any atom is 0.134 e. The van der Waals surface area contributed by atoms with Gasteiger partial charge in [-0.1, -0.05) is 148 Å². The normalized spacial score (nSPS) is 20.9. The quantitative estimate of drug-likeness (QED) is 0.0725. The van der Waals surface area contributed by atoms with E-state index in [9.17, 15) is 0 Å². The molecule has 0 bridgehead atoms. The van der Waals surface area contributed by atoms with E-state index in [1.807, 2.05) is 0 Å². The molecule has 1 aliphatic carbocycles. The van der Waals surface area contributed by atoms with Crippen molar-refractivity contribution in [3.8, 4) is 0 Å². The minimum atomic E-state index is -0.507. The molecule has 4 atom stereocenters. The Morgan fingerprint density at radius 3 is 1.40 bits per heavy atom. The summed E-state index contributed by atoms with van der Waals surface area (Å²) in [6.07, 6.45) is 36.8. The van der Waals surface area contributed by atoms with Crippen LogP contribution in [0.5, 0.6) is 0 Å². The summed E-state index contributed by atoms with van der Waals surface area (Å²) in [5.41, 5.74) is 1.39. The predicted octanol–water partition coefficient (Wildman–Crippen LogP) is 8.72. The van der Waals surface area contributed by atoms with E-state index in [2.05, 4.69) is 60.3 Å². The first-order chi connectivity index (χ1) is 19.3. The second-order valence-corrected chi connectivity index (χ2v) is 14.6. The highest BCUT2D eigenvalue weighted by atomic mass is 35.5. The summed E-state index contributed by atoms with van der Waals surface area (Å²) in [6.45, 7) is 4.59. The first-order valence-electron chi connectivity index (χ1n) is 17.6. The zero-order valence-corrected chi connectivity index (χ0v) is 29.3. The van der Waals surface area contributed by atoms with Gasteiger partial charge in [0.2, 0.25) is 0 Å². The largest absolute Gasteiger partial charge is 0.336 e. The van der Waals surface area contributed by atoms with Gasteiger partial charge < -0.3 is 9.80 Å². The standard InChI is InChI=1S/C36H68Cl2N2/c1-7-9-11-13-15-17-19-21-23-25-27-33(39(3)4)32-29-30-36(38,34(37)31-32)35(40(5)6)28-26-24-22-20-18-16-14-12-10-8-2/h29-31,33-35H,7-28H2,1-6H3/p+2. The molecule has 236 valence electrons. The molecule has 2 N–H and O–H groups in total. The first-order valence-corrected chi connectivity index (χ1v) is 18.4. The van der Waals surface area contributed by atoms with Crippen molar-refractivity contribution in [1.82, 2.24) is 0 Å². The van der Waals surface area contributed by atoms with E-state index in [1.54, 1.807) is 0 Å². The van der Waals surface area contributed by atoms with Crippen molar-refractivity contribution >= 4 is 23.2 Å². The predicted molar refractivity (Wildman–Crippen MR) is 182 cm³/mol. The summed E-state index contributed by atoms with van der Waals surface area (Å²) >= 11 is 14.5. The molecule has 2 nitrogen and oxygen atoms in total. The zero-order chi connectivity index (χ0) is 29.6. The zero-order valence-electron chi connectivity index (χ0n) is 27.8. The number of alkyl halides is 2. The van der Waals surface area contributed by atoms with E-state index in [4.69, 9.17) is 23.2 Å². The van der Waals surface area contributed by atoms with Crippen LogP contribution in [0.15, 0.2) is 23.8 Å². The molecule has 0 aliphatic heterocycles. The van der Waals surface area contributed by atoms with Gasteiger partial charge in [0.15, 0.2) is 0 Å². The third-order valence-corrected chi connectivity index (χ3v) is 10.5. The number of hydrogen-bond acceptors (Lipinski definition) is 0. The lowest BCUT2D eigenvalue weighted by molar-refractivity contribution is -0.888. The van der Waals surface area contributed by atoms with Gasteiger partial charge in [-0.2, -0.15) is 0 Å². The van der Waals surface area contributed by atoms with Crippen LogP contribution < -0.4 is 9.80 Å². The van der Waals surface area contributed by atoms with Crippen LogP contribution in [0.1, 0.15) is 155 Å². The molecular formula is C36H70Cl2N2+2. The van der Waals surface area contributed by atoms with E-state index >= 15 is 0 Å². The molecule has 4 heteroatoms. The summed E-state index contributed by atoms with van der Waals surface area (Å²) in [7, 11) is 9.08. The number of quaternary nitrogens is 2. The van der Waals surface area contributed by atoms with E-state index in [1.165, 1.54) is 150 Å². The summed E-state index contributed by atoms with van der Waals surface area (Å²) in [6, 6.07) is 0.826. The fraction of sp³-hybridized carbons (Fsp3) is 0.889. The Kier molecular flexibility index (Phi) is 22.3. The smallest absolute Gasteiger partial charge is 0.134 e. The van der Waals surface area contributed by atoms with Crippen LogP contribution in [0.25, 0.3) is 0 Å². The molecule has 1 aliphatic rings. The molecule has 0 amide bonds. The second-order valence-electron chi connectivity index (χ2n) is 13.4. The second kappa shape index (κ2) is 23.4. The Hall–Kier alpha value is -0.0200. The molecular weight excluding hydrogens is 531 g/mol. The number of unbranched alkanes of at least 4 members (excludes halogenated alkanes) is 18. The Morgan fingerprint density at radius 1 is 0.625 bits per heavy atom. The van der Waals surface area contributed by atoms with Gasteiger partial charge in [-0.15, -0.1) is 23.2 Å². The van der Waals surface area contributed by atoms with Gasteiger partial charge in [-0.25, -0.2) is 0 Å².